The van der Waals surface area contributed by atoms with Gasteiger partial charge in [0.25, 0.3) is 0 Å². The maximum Gasteiger partial charge on any atom is 0.137 e. The average molecular weight is 829 g/mol. The highest BCUT2D eigenvalue weighted by atomic mass is 16.5. The number of fused-ring (bicyclic) bond motifs is 3. The number of pyridine rings is 1. The lowest BCUT2D eigenvalue weighted by Gasteiger charge is -2.36. The molecule has 1 aliphatic heterocycles. The molecule has 1 aliphatic rings. The standard InChI is InChI=1S/C58H60N4O/c1-55(2,3)43-32-44(56(4,5)6)34-46(33-43)61-39-60(38-53(61)58(9,10)41-22-15-12-16-23-41)45-24-19-25-47(36-45)63-48-28-29-50-49-26-17-18-27-51(49)62(52(50)37-48)54-35-42(30-31-59-54)57(7,8)40-20-13-11-14-21-40/h11-38H,39H2,1-10H3. The maximum absolute atomic E-state index is 6.80. The third-order valence-corrected chi connectivity index (χ3v) is 13.2. The van der Waals surface area contributed by atoms with Crippen LogP contribution in [0, 0.1) is 0 Å². The number of ether oxygens (including phenoxy) is 1. The Morgan fingerprint density at radius 2 is 1.06 bits per heavy atom. The molecule has 0 unspecified atom stereocenters. The van der Waals surface area contributed by atoms with Crippen molar-refractivity contribution in [2.75, 3.05) is 16.5 Å². The molecule has 0 radical (unpaired) electrons. The SMILES string of the molecule is CC(C)(C)c1cc(N2CN(c3cccc(Oc4ccc5c6ccccc6n(-c6cc(C(C)(C)c7ccccc7)ccn6)c5c4)c3)C=C2C(C)(C)c2ccccc2)cc(C(C)(C)C)c1. The summed E-state index contributed by atoms with van der Waals surface area (Å²) in [7, 11) is 0. The largest absolute Gasteiger partial charge is 0.457 e. The lowest BCUT2D eigenvalue weighted by atomic mass is 9.78. The molecule has 0 N–H and O–H groups in total. The number of para-hydroxylation sites is 1. The van der Waals surface area contributed by atoms with E-state index in [-0.39, 0.29) is 21.7 Å². The highest BCUT2D eigenvalue weighted by Gasteiger charge is 2.37. The summed E-state index contributed by atoms with van der Waals surface area (Å²) in [6, 6.07) is 56.7. The number of hydrogen-bond donors (Lipinski definition) is 0. The van der Waals surface area contributed by atoms with Crippen LogP contribution in [0.3, 0.4) is 0 Å². The van der Waals surface area contributed by atoms with Crippen molar-refractivity contribution in [3.05, 3.63) is 204 Å². The van der Waals surface area contributed by atoms with Crippen LogP contribution in [-0.2, 0) is 21.7 Å². The second-order valence-corrected chi connectivity index (χ2v) is 20.3. The number of allylic oxidation sites excluding steroid dienone is 1. The molecule has 0 aliphatic carbocycles. The third-order valence-electron chi connectivity index (χ3n) is 13.2. The van der Waals surface area contributed by atoms with E-state index in [1.165, 1.54) is 44.6 Å². The average Bonchev–Trinajstić information content (AvgIpc) is 3.87. The number of benzene rings is 6. The van der Waals surface area contributed by atoms with Gasteiger partial charge in [-0.25, -0.2) is 4.98 Å². The zero-order chi connectivity index (χ0) is 44.3. The van der Waals surface area contributed by atoms with Gasteiger partial charge in [0.05, 0.1) is 17.7 Å². The molecule has 6 aromatic carbocycles. The van der Waals surface area contributed by atoms with Crippen LogP contribution in [0.4, 0.5) is 11.4 Å². The van der Waals surface area contributed by atoms with Crippen LogP contribution in [0.15, 0.2) is 176 Å². The quantitative estimate of drug-likeness (QED) is 0.145. The number of nitrogens with zero attached hydrogens (tertiary/aromatic N) is 4. The lowest BCUT2D eigenvalue weighted by molar-refractivity contribution is 0.483. The molecule has 318 valence electrons. The normalized spacial score (nSPS) is 13.8. The molecule has 0 saturated carbocycles. The van der Waals surface area contributed by atoms with Gasteiger partial charge in [0.2, 0.25) is 0 Å². The minimum absolute atomic E-state index is 0.00285. The summed E-state index contributed by atoms with van der Waals surface area (Å²) in [6.45, 7) is 23.8. The zero-order valence-corrected chi connectivity index (χ0v) is 38.6. The molecule has 0 bridgehead atoms. The zero-order valence-electron chi connectivity index (χ0n) is 38.6. The molecule has 5 heteroatoms. The summed E-state index contributed by atoms with van der Waals surface area (Å²) in [5, 5.41) is 2.33. The molecule has 8 aromatic rings. The fraction of sp³-hybridized carbons (Fsp3) is 0.259. The van der Waals surface area contributed by atoms with Crippen molar-refractivity contribution in [2.45, 2.75) is 90.9 Å². The predicted molar refractivity (Wildman–Crippen MR) is 265 cm³/mol. The van der Waals surface area contributed by atoms with Gasteiger partial charge >= 0.3 is 0 Å². The van der Waals surface area contributed by atoms with Crippen LogP contribution in [0.5, 0.6) is 11.5 Å². The Morgan fingerprint density at radius 1 is 0.460 bits per heavy atom. The van der Waals surface area contributed by atoms with Crippen molar-refractivity contribution < 1.29 is 4.74 Å². The topological polar surface area (TPSA) is 33.5 Å². The minimum Gasteiger partial charge on any atom is -0.457 e. The van der Waals surface area contributed by atoms with Crippen LogP contribution in [0.1, 0.15) is 97.1 Å². The molecule has 2 aromatic heterocycles. The van der Waals surface area contributed by atoms with Crippen molar-refractivity contribution >= 4 is 33.2 Å². The van der Waals surface area contributed by atoms with Gasteiger partial charge in [0, 0.05) is 63.2 Å². The van der Waals surface area contributed by atoms with Crippen molar-refractivity contribution in [2.24, 2.45) is 0 Å². The van der Waals surface area contributed by atoms with Crippen LogP contribution >= 0.6 is 0 Å². The van der Waals surface area contributed by atoms with Crippen LogP contribution in [-0.4, -0.2) is 16.2 Å². The second-order valence-electron chi connectivity index (χ2n) is 20.3. The first-order chi connectivity index (χ1) is 30.0. The Labute approximate surface area is 374 Å². The van der Waals surface area contributed by atoms with E-state index in [1.54, 1.807) is 0 Å². The summed E-state index contributed by atoms with van der Waals surface area (Å²) in [6.07, 6.45) is 4.28. The Hall–Kier alpha value is -6.59. The van der Waals surface area contributed by atoms with Crippen molar-refractivity contribution in [1.82, 2.24) is 9.55 Å². The van der Waals surface area contributed by atoms with Gasteiger partial charge in [-0.2, -0.15) is 0 Å². The number of rotatable bonds is 9. The van der Waals surface area contributed by atoms with Crippen LogP contribution < -0.4 is 14.5 Å². The fourth-order valence-electron chi connectivity index (χ4n) is 9.07. The molecule has 0 amide bonds. The third kappa shape index (κ3) is 7.90. The van der Waals surface area contributed by atoms with Crippen molar-refractivity contribution in [1.29, 1.82) is 0 Å². The molecule has 0 spiro atoms. The first-order valence-corrected chi connectivity index (χ1v) is 22.3. The molecular formula is C58H60N4O. The Bertz CT molecular complexity index is 2950. The molecule has 0 fully saturated rings. The highest BCUT2D eigenvalue weighted by Crippen LogP contribution is 2.44. The fourth-order valence-corrected chi connectivity index (χ4v) is 9.07. The lowest BCUT2D eigenvalue weighted by Crippen LogP contribution is -2.34. The number of aromatic nitrogens is 2. The van der Waals surface area contributed by atoms with Gasteiger partial charge in [-0.05, 0) is 93.2 Å². The Morgan fingerprint density at radius 3 is 1.73 bits per heavy atom. The second kappa shape index (κ2) is 15.6. The van der Waals surface area contributed by atoms with E-state index in [4.69, 9.17) is 9.72 Å². The van der Waals surface area contributed by atoms with Crippen LogP contribution in [0.25, 0.3) is 27.6 Å². The number of anilines is 2. The molecule has 0 atom stereocenters. The van der Waals surface area contributed by atoms with E-state index in [0.29, 0.717) is 6.67 Å². The van der Waals surface area contributed by atoms with Gasteiger partial charge < -0.3 is 14.5 Å². The molecule has 63 heavy (non-hydrogen) atoms. The highest BCUT2D eigenvalue weighted by molar-refractivity contribution is 6.09. The summed E-state index contributed by atoms with van der Waals surface area (Å²) >= 11 is 0. The monoisotopic (exact) mass is 828 g/mol. The maximum atomic E-state index is 6.80. The smallest absolute Gasteiger partial charge is 0.137 e. The predicted octanol–water partition coefficient (Wildman–Crippen LogP) is 15.0. The molecule has 5 nitrogen and oxygen atoms in total. The minimum atomic E-state index is -0.275. The van der Waals surface area contributed by atoms with E-state index >= 15 is 0 Å². The van der Waals surface area contributed by atoms with Crippen molar-refractivity contribution in [3.8, 4) is 17.3 Å². The Balaban J connectivity index is 1.09. The Kier molecular flexibility index (Phi) is 10.4. The van der Waals surface area contributed by atoms with Gasteiger partial charge in [-0.15, -0.1) is 0 Å². The van der Waals surface area contributed by atoms with Gasteiger partial charge in [-0.1, -0.05) is 160 Å². The molecule has 3 heterocycles. The van der Waals surface area contributed by atoms with Crippen molar-refractivity contribution in [3.63, 3.8) is 0 Å². The van der Waals surface area contributed by atoms with E-state index in [2.05, 4.69) is 248 Å². The van der Waals surface area contributed by atoms with Crippen LogP contribution in [0.2, 0.25) is 0 Å². The molecule has 0 saturated heterocycles. The summed E-state index contributed by atoms with van der Waals surface area (Å²) < 4.78 is 9.07. The van der Waals surface area contributed by atoms with E-state index in [1.807, 2.05) is 6.20 Å². The first kappa shape index (κ1) is 41.7. The van der Waals surface area contributed by atoms with Gasteiger partial charge in [0.15, 0.2) is 0 Å². The summed E-state index contributed by atoms with van der Waals surface area (Å²) in [5.74, 6) is 2.42. The molecular weight excluding hydrogens is 769 g/mol. The van der Waals surface area contributed by atoms with E-state index < -0.39 is 0 Å². The van der Waals surface area contributed by atoms with E-state index in [0.717, 1.165) is 39.4 Å². The summed E-state index contributed by atoms with van der Waals surface area (Å²) in [4.78, 5) is 9.85. The molecule has 9 rings (SSSR count). The van der Waals surface area contributed by atoms with Gasteiger partial charge in [-0.3, -0.25) is 4.57 Å². The van der Waals surface area contributed by atoms with Gasteiger partial charge in [0.1, 0.15) is 17.3 Å². The summed E-state index contributed by atoms with van der Waals surface area (Å²) in [5.41, 5.74) is 11.6. The number of hydrogen-bond acceptors (Lipinski definition) is 4. The first-order valence-electron chi connectivity index (χ1n) is 22.3. The van der Waals surface area contributed by atoms with E-state index in [9.17, 15) is 0 Å².